The topological polar surface area (TPSA) is 34.1 Å². The summed E-state index contributed by atoms with van der Waals surface area (Å²) in [4.78, 5) is 4.31. The Labute approximate surface area is 122 Å². The number of aromatic nitrogens is 1. The number of hydrogen-bond acceptors (Lipinski definition) is 4. The summed E-state index contributed by atoms with van der Waals surface area (Å²) in [6, 6.07) is 3.95. The average molecular weight is 333 g/mol. The Morgan fingerprint density at radius 2 is 2.28 bits per heavy atom. The summed E-state index contributed by atoms with van der Waals surface area (Å²) in [5.41, 5.74) is 0. The number of ether oxygens (including phenoxy) is 1. The molecule has 1 aromatic rings. The standard InChI is InChI=1S/C13H21BrN2OS/c1-2-3-9-17-10-7-15-8-11-18-13-12(14)5-4-6-16-13/h4-6,15H,2-3,7-11H2,1H3. The van der Waals surface area contributed by atoms with Crippen molar-refractivity contribution in [1.82, 2.24) is 10.3 Å². The lowest BCUT2D eigenvalue weighted by molar-refractivity contribution is 0.133. The van der Waals surface area contributed by atoms with Gasteiger partial charge >= 0.3 is 0 Å². The summed E-state index contributed by atoms with van der Waals surface area (Å²) < 4.78 is 6.54. The molecule has 1 aromatic heterocycles. The lowest BCUT2D eigenvalue weighted by Gasteiger charge is -2.06. The van der Waals surface area contributed by atoms with Crippen LogP contribution in [0.25, 0.3) is 0 Å². The molecule has 1 heterocycles. The second kappa shape index (κ2) is 10.8. The number of halogens is 1. The summed E-state index contributed by atoms with van der Waals surface area (Å²) >= 11 is 5.25. The Morgan fingerprint density at radius 1 is 1.39 bits per heavy atom. The van der Waals surface area contributed by atoms with Crippen LogP contribution in [-0.4, -0.2) is 37.0 Å². The van der Waals surface area contributed by atoms with Gasteiger partial charge in [0.25, 0.3) is 0 Å². The van der Waals surface area contributed by atoms with Crippen molar-refractivity contribution in [3.63, 3.8) is 0 Å². The van der Waals surface area contributed by atoms with Crippen molar-refractivity contribution < 1.29 is 4.74 Å². The Bertz CT molecular complexity index is 326. The van der Waals surface area contributed by atoms with Gasteiger partial charge in [-0.1, -0.05) is 13.3 Å². The molecule has 0 fully saturated rings. The molecule has 0 spiro atoms. The Kier molecular flexibility index (Phi) is 9.56. The van der Waals surface area contributed by atoms with Gasteiger partial charge in [-0.25, -0.2) is 4.98 Å². The molecule has 1 N–H and O–H groups in total. The second-order valence-electron chi connectivity index (χ2n) is 3.85. The zero-order valence-corrected chi connectivity index (χ0v) is 13.2. The molecule has 3 nitrogen and oxygen atoms in total. The van der Waals surface area contributed by atoms with Crippen molar-refractivity contribution >= 4 is 27.7 Å². The number of nitrogens with zero attached hydrogens (tertiary/aromatic N) is 1. The van der Waals surface area contributed by atoms with E-state index in [-0.39, 0.29) is 0 Å². The van der Waals surface area contributed by atoms with Crippen LogP contribution in [0.15, 0.2) is 27.8 Å². The van der Waals surface area contributed by atoms with Gasteiger partial charge in [0.2, 0.25) is 0 Å². The van der Waals surface area contributed by atoms with Gasteiger partial charge in [0.05, 0.1) is 6.61 Å². The first-order valence-corrected chi connectivity index (χ1v) is 8.14. The molecule has 0 aliphatic carbocycles. The third-order valence-corrected chi connectivity index (χ3v) is 4.22. The fourth-order valence-corrected chi connectivity index (χ4v) is 2.69. The molecule has 1 rings (SSSR count). The molecule has 0 bridgehead atoms. The number of rotatable bonds is 10. The highest BCUT2D eigenvalue weighted by Gasteiger charge is 1.99. The van der Waals surface area contributed by atoms with Crippen LogP contribution < -0.4 is 5.32 Å². The van der Waals surface area contributed by atoms with E-state index in [1.54, 1.807) is 11.8 Å². The van der Waals surface area contributed by atoms with E-state index in [1.165, 1.54) is 6.42 Å². The maximum absolute atomic E-state index is 5.47. The lowest BCUT2D eigenvalue weighted by Crippen LogP contribution is -2.22. The summed E-state index contributed by atoms with van der Waals surface area (Å²) in [7, 11) is 0. The number of hydrogen-bond donors (Lipinski definition) is 1. The SMILES string of the molecule is CCCCOCCNCCSc1ncccc1Br. The van der Waals surface area contributed by atoms with Crippen molar-refractivity contribution in [3.05, 3.63) is 22.8 Å². The summed E-state index contributed by atoms with van der Waals surface area (Å²) in [6.45, 7) is 5.76. The van der Waals surface area contributed by atoms with Crippen LogP contribution >= 0.6 is 27.7 Å². The third kappa shape index (κ3) is 7.36. The monoisotopic (exact) mass is 332 g/mol. The average Bonchev–Trinajstić information content (AvgIpc) is 2.39. The highest BCUT2D eigenvalue weighted by Crippen LogP contribution is 2.23. The molecule has 5 heteroatoms. The molecule has 0 radical (unpaired) electrons. The van der Waals surface area contributed by atoms with E-state index in [1.807, 2.05) is 18.3 Å². The normalized spacial score (nSPS) is 10.8. The predicted molar refractivity (Wildman–Crippen MR) is 81.3 cm³/mol. The predicted octanol–water partition coefficient (Wildman–Crippen LogP) is 3.34. The van der Waals surface area contributed by atoms with Crippen molar-refractivity contribution in [2.75, 3.05) is 32.1 Å². The van der Waals surface area contributed by atoms with Crippen molar-refractivity contribution in [1.29, 1.82) is 0 Å². The zero-order valence-electron chi connectivity index (χ0n) is 10.8. The Balaban J connectivity index is 1.94. The molecule has 0 saturated heterocycles. The van der Waals surface area contributed by atoms with E-state index in [0.29, 0.717) is 0 Å². The van der Waals surface area contributed by atoms with Crippen LogP contribution in [0.4, 0.5) is 0 Å². The number of nitrogens with one attached hydrogen (secondary N) is 1. The van der Waals surface area contributed by atoms with Crippen LogP contribution in [0.1, 0.15) is 19.8 Å². The quantitative estimate of drug-likeness (QED) is 0.526. The minimum absolute atomic E-state index is 0.804. The van der Waals surface area contributed by atoms with Crippen LogP contribution in [-0.2, 0) is 4.74 Å². The highest BCUT2D eigenvalue weighted by molar-refractivity contribution is 9.10. The van der Waals surface area contributed by atoms with Gasteiger partial charge in [-0.3, -0.25) is 0 Å². The zero-order chi connectivity index (χ0) is 13.1. The lowest BCUT2D eigenvalue weighted by atomic mass is 10.4. The van der Waals surface area contributed by atoms with Crippen molar-refractivity contribution in [3.8, 4) is 0 Å². The van der Waals surface area contributed by atoms with Crippen molar-refractivity contribution in [2.45, 2.75) is 24.8 Å². The minimum atomic E-state index is 0.804. The maximum Gasteiger partial charge on any atom is 0.110 e. The molecular formula is C13H21BrN2OS. The van der Waals surface area contributed by atoms with E-state index in [0.717, 1.165) is 48.0 Å². The van der Waals surface area contributed by atoms with E-state index < -0.39 is 0 Å². The summed E-state index contributed by atoms with van der Waals surface area (Å²) in [5.74, 6) is 1.02. The molecular weight excluding hydrogens is 312 g/mol. The molecule has 0 aliphatic rings. The fraction of sp³-hybridized carbons (Fsp3) is 0.615. The van der Waals surface area contributed by atoms with Gasteiger partial charge in [-0.05, 0) is 34.5 Å². The van der Waals surface area contributed by atoms with Crippen LogP contribution in [0.3, 0.4) is 0 Å². The molecule has 102 valence electrons. The van der Waals surface area contributed by atoms with Gasteiger partial charge < -0.3 is 10.1 Å². The molecule has 0 saturated carbocycles. The van der Waals surface area contributed by atoms with E-state index in [2.05, 4.69) is 33.2 Å². The van der Waals surface area contributed by atoms with E-state index in [9.17, 15) is 0 Å². The van der Waals surface area contributed by atoms with Gasteiger partial charge in [0, 0.05) is 36.1 Å². The first-order valence-electron chi connectivity index (χ1n) is 6.36. The smallest absolute Gasteiger partial charge is 0.110 e. The first kappa shape index (κ1) is 16.0. The van der Waals surface area contributed by atoms with Crippen LogP contribution in [0.2, 0.25) is 0 Å². The van der Waals surface area contributed by atoms with E-state index in [4.69, 9.17) is 4.74 Å². The second-order valence-corrected chi connectivity index (χ2v) is 5.79. The number of pyridine rings is 1. The molecule has 0 aliphatic heterocycles. The molecule has 18 heavy (non-hydrogen) atoms. The van der Waals surface area contributed by atoms with Gasteiger partial charge in [0.15, 0.2) is 0 Å². The van der Waals surface area contributed by atoms with Gasteiger partial charge in [-0.2, -0.15) is 0 Å². The fourth-order valence-electron chi connectivity index (χ4n) is 1.32. The largest absolute Gasteiger partial charge is 0.380 e. The summed E-state index contributed by atoms with van der Waals surface area (Å²) in [6.07, 6.45) is 4.18. The van der Waals surface area contributed by atoms with E-state index >= 15 is 0 Å². The number of unbranched alkanes of at least 4 members (excludes halogenated alkanes) is 1. The van der Waals surface area contributed by atoms with Crippen molar-refractivity contribution in [2.24, 2.45) is 0 Å². The first-order chi connectivity index (χ1) is 8.84. The summed E-state index contributed by atoms with van der Waals surface area (Å²) in [5, 5.41) is 4.42. The third-order valence-electron chi connectivity index (χ3n) is 2.31. The molecule has 0 aromatic carbocycles. The molecule has 0 atom stereocenters. The molecule has 0 amide bonds. The van der Waals surface area contributed by atoms with Crippen LogP contribution in [0, 0.1) is 0 Å². The Hall–Kier alpha value is -0.100. The van der Waals surface area contributed by atoms with Gasteiger partial charge in [0.1, 0.15) is 5.03 Å². The maximum atomic E-state index is 5.47. The number of thioether (sulfide) groups is 1. The highest BCUT2D eigenvalue weighted by atomic mass is 79.9. The van der Waals surface area contributed by atoms with Gasteiger partial charge in [-0.15, -0.1) is 11.8 Å². The van der Waals surface area contributed by atoms with Crippen LogP contribution in [0.5, 0.6) is 0 Å². The molecule has 0 unspecified atom stereocenters. The Morgan fingerprint density at radius 3 is 3.06 bits per heavy atom. The minimum Gasteiger partial charge on any atom is -0.380 e.